The normalized spacial score (nSPS) is 25.2. The highest BCUT2D eigenvalue weighted by Gasteiger charge is 2.37. The summed E-state index contributed by atoms with van der Waals surface area (Å²) in [6.45, 7) is 1.74. The molecule has 0 bridgehead atoms. The van der Waals surface area contributed by atoms with Crippen LogP contribution in [0.2, 0.25) is 0 Å². The van der Waals surface area contributed by atoms with E-state index in [1.54, 1.807) is 24.5 Å². The van der Waals surface area contributed by atoms with E-state index in [4.69, 9.17) is 4.42 Å². The van der Waals surface area contributed by atoms with Crippen LogP contribution in [0, 0.1) is 10.1 Å². The Balaban J connectivity index is 1.84. The van der Waals surface area contributed by atoms with Gasteiger partial charge in [-0.05, 0) is 6.07 Å². The van der Waals surface area contributed by atoms with Crippen molar-refractivity contribution in [2.24, 2.45) is 0 Å². The molecule has 2 saturated heterocycles. The molecule has 110 valence electrons. The molecule has 4 rings (SSSR count). The lowest BCUT2D eigenvalue weighted by Gasteiger charge is -2.39. The smallest absolute Gasteiger partial charge is 0.272 e. The largest absolute Gasteiger partial charge is 0.462 e. The molecule has 2 fully saturated rings. The lowest BCUT2D eigenvalue weighted by Crippen LogP contribution is -2.57. The Morgan fingerprint density at radius 2 is 2.33 bits per heavy atom. The monoisotopic (exact) mass is 305 g/mol. The molecule has 1 N–H and O–H groups in total. The maximum Gasteiger partial charge on any atom is 0.272 e. The first kappa shape index (κ1) is 13.0. The molecule has 21 heavy (non-hydrogen) atoms. The first-order chi connectivity index (χ1) is 10.2. The summed E-state index contributed by atoms with van der Waals surface area (Å²) in [5, 5.41) is 15.5. The lowest BCUT2D eigenvalue weighted by molar-refractivity contribution is -0.384. The number of hydrogen-bond donors (Lipinski definition) is 1. The molecule has 0 amide bonds. The van der Waals surface area contributed by atoms with Gasteiger partial charge < -0.3 is 14.6 Å². The molecular formula is C14H15N3O3S. The van der Waals surface area contributed by atoms with Gasteiger partial charge in [0, 0.05) is 48.2 Å². The van der Waals surface area contributed by atoms with Gasteiger partial charge in [-0.2, -0.15) is 11.8 Å². The molecule has 2 aliphatic heterocycles. The molecule has 0 radical (unpaired) electrons. The van der Waals surface area contributed by atoms with Gasteiger partial charge in [0.05, 0.1) is 22.9 Å². The Labute approximate surface area is 125 Å². The van der Waals surface area contributed by atoms with Crippen molar-refractivity contribution in [3.05, 3.63) is 34.6 Å². The van der Waals surface area contributed by atoms with Gasteiger partial charge in [0.25, 0.3) is 5.69 Å². The number of furan rings is 1. The third kappa shape index (κ3) is 2.08. The second-order valence-electron chi connectivity index (χ2n) is 5.42. The van der Waals surface area contributed by atoms with Crippen molar-refractivity contribution < 1.29 is 9.34 Å². The van der Waals surface area contributed by atoms with Gasteiger partial charge in [-0.25, -0.2) is 0 Å². The number of fused-ring (bicyclic) bond motifs is 2. The maximum atomic E-state index is 11.2. The van der Waals surface area contributed by atoms with Gasteiger partial charge in [0.2, 0.25) is 0 Å². The zero-order valence-corrected chi connectivity index (χ0v) is 12.1. The lowest BCUT2D eigenvalue weighted by atomic mass is 10.0. The van der Waals surface area contributed by atoms with Crippen LogP contribution >= 0.6 is 11.8 Å². The number of hydrogen-bond acceptors (Lipinski definition) is 6. The third-order valence-corrected chi connectivity index (χ3v) is 5.42. The van der Waals surface area contributed by atoms with E-state index < -0.39 is 0 Å². The van der Waals surface area contributed by atoms with Crippen LogP contribution in [0.25, 0.3) is 11.0 Å². The zero-order chi connectivity index (χ0) is 14.4. The number of nitro benzene ring substituents is 1. The number of nitrogens with zero attached hydrogens (tertiary/aromatic N) is 2. The maximum absolute atomic E-state index is 11.2. The Hall–Kier alpha value is -1.73. The highest BCUT2D eigenvalue weighted by atomic mass is 32.2. The van der Waals surface area contributed by atoms with Crippen molar-refractivity contribution in [2.75, 3.05) is 29.5 Å². The molecule has 1 aromatic heterocycles. The summed E-state index contributed by atoms with van der Waals surface area (Å²) in [7, 11) is 0. The van der Waals surface area contributed by atoms with Gasteiger partial charge in [-0.15, -0.1) is 0 Å². The Bertz CT molecular complexity index is 702. The van der Waals surface area contributed by atoms with Crippen molar-refractivity contribution in [3.63, 3.8) is 0 Å². The molecule has 1 aromatic carbocycles. The van der Waals surface area contributed by atoms with Crippen molar-refractivity contribution in [3.8, 4) is 0 Å². The Kier molecular flexibility index (Phi) is 3.04. The molecule has 0 spiro atoms. The average Bonchev–Trinajstić information content (AvgIpc) is 3.14. The Morgan fingerprint density at radius 1 is 1.43 bits per heavy atom. The Morgan fingerprint density at radius 3 is 3.19 bits per heavy atom. The number of thioether (sulfide) groups is 1. The van der Waals surface area contributed by atoms with E-state index in [0.29, 0.717) is 12.1 Å². The summed E-state index contributed by atoms with van der Waals surface area (Å²) in [6, 6.07) is 5.84. The summed E-state index contributed by atoms with van der Waals surface area (Å²) < 4.78 is 5.59. The van der Waals surface area contributed by atoms with Crippen LogP contribution < -0.4 is 10.2 Å². The van der Waals surface area contributed by atoms with Gasteiger partial charge in [-0.3, -0.25) is 10.1 Å². The number of anilines is 1. The van der Waals surface area contributed by atoms with Gasteiger partial charge in [-0.1, -0.05) is 0 Å². The van der Waals surface area contributed by atoms with Crippen LogP contribution in [0.5, 0.6) is 0 Å². The van der Waals surface area contributed by atoms with Crippen LogP contribution in [0.15, 0.2) is 28.9 Å². The SMILES string of the molecule is O=[N+]([O-])c1cc(N2CCNC3CSCC32)c2occc2c1. The third-order valence-electron chi connectivity index (χ3n) is 4.25. The zero-order valence-electron chi connectivity index (χ0n) is 11.3. The quantitative estimate of drug-likeness (QED) is 0.677. The number of benzene rings is 1. The van der Waals surface area contributed by atoms with Crippen LogP contribution in [0.3, 0.4) is 0 Å². The molecule has 3 heterocycles. The second kappa shape index (κ2) is 4.92. The van der Waals surface area contributed by atoms with Crippen LogP contribution in [-0.4, -0.2) is 41.6 Å². The molecule has 0 saturated carbocycles. The predicted molar refractivity (Wildman–Crippen MR) is 83.1 cm³/mol. The van der Waals surface area contributed by atoms with E-state index in [1.807, 2.05) is 11.8 Å². The van der Waals surface area contributed by atoms with Crippen molar-refractivity contribution >= 4 is 34.1 Å². The van der Waals surface area contributed by atoms with E-state index in [0.717, 1.165) is 41.3 Å². The van der Waals surface area contributed by atoms with E-state index >= 15 is 0 Å². The number of non-ortho nitro benzene ring substituents is 1. The highest BCUT2D eigenvalue weighted by Crippen LogP contribution is 2.37. The minimum absolute atomic E-state index is 0.125. The number of nitrogens with one attached hydrogen (secondary N) is 1. The van der Waals surface area contributed by atoms with Gasteiger partial charge in [0.1, 0.15) is 0 Å². The minimum atomic E-state index is -0.334. The molecule has 2 aromatic rings. The summed E-state index contributed by atoms with van der Waals surface area (Å²) >= 11 is 1.93. The van der Waals surface area contributed by atoms with Crippen LogP contribution in [-0.2, 0) is 0 Å². The average molecular weight is 305 g/mol. The fraction of sp³-hybridized carbons (Fsp3) is 0.429. The molecule has 6 nitrogen and oxygen atoms in total. The highest BCUT2D eigenvalue weighted by molar-refractivity contribution is 7.99. The number of rotatable bonds is 2. The fourth-order valence-electron chi connectivity index (χ4n) is 3.25. The first-order valence-corrected chi connectivity index (χ1v) is 8.13. The summed E-state index contributed by atoms with van der Waals surface area (Å²) in [5.74, 6) is 2.14. The van der Waals surface area contributed by atoms with E-state index in [9.17, 15) is 10.1 Å². The van der Waals surface area contributed by atoms with E-state index in [1.165, 1.54) is 0 Å². The van der Waals surface area contributed by atoms with Crippen LogP contribution in [0.1, 0.15) is 0 Å². The summed E-state index contributed by atoms with van der Waals surface area (Å²) in [5.41, 5.74) is 1.72. The molecule has 2 unspecified atom stereocenters. The molecular weight excluding hydrogens is 290 g/mol. The van der Waals surface area contributed by atoms with Crippen LogP contribution in [0.4, 0.5) is 11.4 Å². The second-order valence-corrected chi connectivity index (χ2v) is 6.49. The topological polar surface area (TPSA) is 71.6 Å². The van der Waals surface area contributed by atoms with E-state index in [2.05, 4.69) is 10.2 Å². The summed E-state index contributed by atoms with van der Waals surface area (Å²) in [4.78, 5) is 13.1. The summed E-state index contributed by atoms with van der Waals surface area (Å²) in [6.07, 6.45) is 1.60. The molecule has 7 heteroatoms. The molecule has 0 aliphatic carbocycles. The van der Waals surface area contributed by atoms with Crippen molar-refractivity contribution in [2.45, 2.75) is 12.1 Å². The minimum Gasteiger partial charge on any atom is -0.462 e. The molecule has 2 atom stereocenters. The molecule has 2 aliphatic rings. The van der Waals surface area contributed by atoms with E-state index in [-0.39, 0.29) is 10.6 Å². The van der Waals surface area contributed by atoms with Gasteiger partial charge in [0.15, 0.2) is 5.58 Å². The number of nitro groups is 1. The van der Waals surface area contributed by atoms with Gasteiger partial charge >= 0.3 is 0 Å². The fourth-order valence-corrected chi connectivity index (χ4v) is 4.63. The first-order valence-electron chi connectivity index (χ1n) is 6.97. The van der Waals surface area contributed by atoms with Crippen molar-refractivity contribution in [1.82, 2.24) is 5.32 Å². The predicted octanol–water partition coefficient (Wildman–Crippen LogP) is 2.23. The van der Waals surface area contributed by atoms with Crippen molar-refractivity contribution in [1.29, 1.82) is 0 Å². The number of piperazine rings is 1. The standard InChI is InChI=1S/C14H15N3O3S/c18-17(19)10-5-9-1-4-20-14(9)12(6-10)16-3-2-15-11-7-21-8-13(11)16/h1,4-6,11,13,15H,2-3,7-8H2.